The maximum atomic E-state index is 12.6. The molecule has 5 heteroatoms. The SMILES string of the molecule is C/C=C\C(=C/C)C1=C(C)c2ccc(O)cc2OC1c1ccc(OCCN2CC(CF)C2)cc1. The number of likely N-dealkylation sites (tertiary alicyclic amines) is 1. The van der Waals surface area contributed by atoms with E-state index in [0.717, 1.165) is 53.2 Å². The van der Waals surface area contributed by atoms with Crippen LogP contribution in [0.4, 0.5) is 4.39 Å². The van der Waals surface area contributed by atoms with Gasteiger partial charge in [0, 0.05) is 42.8 Å². The van der Waals surface area contributed by atoms with Gasteiger partial charge in [-0.1, -0.05) is 30.4 Å². The number of phenols is 1. The van der Waals surface area contributed by atoms with Gasteiger partial charge in [-0.05, 0) is 61.7 Å². The molecule has 2 aliphatic rings. The molecule has 0 saturated carbocycles. The summed E-state index contributed by atoms with van der Waals surface area (Å²) >= 11 is 0. The Morgan fingerprint density at radius 3 is 2.61 bits per heavy atom. The number of benzene rings is 2. The number of allylic oxidation sites excluding steroid dienone is 4. The van der Waals surface area contributed by atoms with Gasteiger partial charge in [0.1, 0.15) is 30.0 Å². The van der Waals surface area contributed by atoms with Crippen molar-refractivity contribution in [3.63, 3.8) is 0 Å². The molecular formula is C28H32FNO3. The van der Waals surface area contributed by atoms with Crippen LogP contribution in [0, 0.1) is 5.92 Å². The molecule has 2 heterocycles. The van der Waals surface area contributed by atoms with Crippen molar-refractivity contribution in [2.24, 2.45) is 5.92 Å². The van der Waals surface area contributed by atoms with Crippen LogP contribution in [0.3, 0.4) is 0 Å². The highest BCUT2D eigenvalue weighted by molar-refractivity contribution is 5.79. The zero-order valence-electron chi connectivity index (χ0n) is 19.6. The predicted molar refractivity (Wildman–Crippen MR) is 130 cm³/mol. The lowest BCUT2D eigenvalue weighted by molar-refractivity contribution is 0.0668. The number of hydrogen-bond acceptors (Lipinski definition) is 4. The van der Waals surface area contributed by atoms with Crippen molar-refractivity contribution < 1.29 is 19.0 Å². The van der Waals surface area contributed by atoms with Crippen molar-refractivity contribution >= 4 is 5.57 Å². The number of halogens is 1. The maximum absolute atomic E-state index is 12.6. The highest BCUT2D eigenvalue weighted by Gasteiger charge is 2.30. The third-order valence-electron chi connectivity index (χ3n) is 6.36. The van der Waals surface area contributed by atoms with Gasteiger partial charge in [-0.2, -0.15) is 0 Å². The van der Waals surface area contributed by atoms with Gasteiger partial charge >= 0.3 is 0 Å². The Morgan fingerprint density at radius 2 is 1.94 bits per heavy atom. The summed E-state index contributed by atoms with van der Waals surface area (Å²) in [6, 6.07) is 13.3. The molecule has 1 N–H and O–H groups in total. The highest BCUT2D eigenvalue weighted by atomic mass is 19.1. The molecule has 4 nitrogen and oxygen atoms in total. The molecule has 1 fully saturated rings. The summed E-state index contributed by atoms with van der Waals surface area (Å²) < 4.78 is 24.9. The number of hydrogen-bond donors (Lipinski definition) is 1. The summed E-state index contributed by atoms with van der Waals surface area (Å²) in [5, 5.41) is 9.99. The number of nitrogens with zero attached hydrogens (tertiary/aromatic N) is 1. The van der Waals surface area contributed by atoms with Gasteiger partial charge in [0.15, 0.2) is 0 Å². The van der Waals surface area contributed by atoms with Gasteiger partial charge in [0.2, 0.25) is 0 Å². The molecule has 0 radical (unpaired) electrons. The second-order valence-corrected chi connectivity index (χ2v) is 8.66. The smallest absolute Gasteiger partial charge is 0.150 e. The molecule has 1 atom stereocenters. The normalized spacial score (nSPS) is 19.4. The number of aromatic hydroxyl groups is 1. The van der Waals surface area contributed by atoms with Crippen LogP contribution in [-0.4, -0.2) is 42.9 Å². The molecule has 2 aromatic carbocycles. The molecule has 0 aromatic heterocycles. The minimum atomic E-state index is -0.297. The largest absolute Gasteiger partial charge is 0.508 e. The van der Waals surface area contributed by atoms with Crippen molar-refractivity contribution in [1.82, 2.24) is 4.90 Å². The number of ether oxygens (including phenoxy) is 2. The first-order valence-electron chi connectivity index (χ1n) is 11.5. The molecule has 1 saturated heterocycles. The number of alkyl halides is 1. The van der Waals surface area contributed by atoms with Crippen LogP contribution in [0.25, 0.3) is 5.57 Å². The van der Waals surface area contributed by atoms with Crippen molar-refractivity contribution in [3.05, 3.63) is 83.0 Å². The van der Waals surface area contributed by atoms with Gasteiger partial charge in [-0.15, -0.1) is 0 Å². The summed E-state index contributed by atoms with van der Waals surface area (Å²) in [4.78, 5) is 2.21. The quantitative estimate of drug-likeness (QED) is 0.494. The van der Waals surface area contributed by atoms with E-state index in [9.17, 15) is 9.50 Å². The lowest BCUT2D eigenvalue weighted by atomic mass is 9.85. The topological polar surface area (TPSA) is 41.9 Å². The van der Waals surface area contributed by atoms with Gasteiger partial charge in [0.05, 0.1) is 6.67 Å². The van der Waals surface area contributed by atoms with Crippen LogP contribution in [-0.2, 0) is 0 Å². The van der Waals surface area contributed by atoms with Crippen molar-refractivity contribution in [3.8, 4) is 17.2 Å². The second kappa shape index (κ2) is 10.3. The Labute approximate surface area is 195 Å². The Morgan fingerprint density at radius 1 is 1.18 bits per heavy atom. The molecule has 2 aliphatic heterocycles. The van der Waals surface area contributed by atoms with Gasteiger partial charge in [-0.3, -0.25) is 9.29 Å². The fourth-order valence-electron chi connectivity index (χ4n) is 4.56. The molecule has 0 amide bonds. The molecular weight excluding hydrogens is 417 g/mol. The van der Waals surface area contributed by atoms with Crippen LogP contribution < -0.4 is 9.47 Å². The van der Waals surface area contributed by atoms with E-state index in [2.05, 4.69) is 24.0 Å². The van der Waals surface area contributed by atoms with Gasteiger partial charge < -0.3 is 14.6 Å². The average Bonchev–Trinajstić information content (AvgIpc) is 2.79. The minimum Gasteiger partial charge on any atom is -0.508 e. The first-order valence-corrected chi connectivity index (χ1v) is 11.5. The van der Waals surface area contributed by atoms with Crippen LogP contribution in [0.2, 0.25) is 0 Å². The number of rotatable bonds is 8. The molecule has 33 heavy (non-hydrogen) atoms. The molecule has 2 aromatic rings. The summed E-state index contributed by atoms with van der Waals surface area (Å²) in [6.07, 6.45) is 5.93. The fourth-order valence-corrected chi connectivity index (χ4v) is 4.56. The summed E-state index contributed by atoms with van der Waals surface area (Å²) in [5.74, 6) is 1.87. The summed E-state index contributed by atoms with van der Waals surface area (Å²) in [7, 11) is 0. The standard InChI is InChI=1S/C28H32FNO3/c1-4-6-21(5-2)27-19(3)25-12-9-23(31)15-26(25)33-28(27)22-7-10-24(11-8-22)32-14-13-30-17-20(16-29)18-30/h4-12,15,20,28,31H,13-14,16-18H2,1-3H3/b6-4-,21-5+. The third-order valence-corrected chi connectivity index (χ3v) is 6.36. The molecule has 1 unspecified atom stereocenters. The molecule has 174 valence electrons. The molecule has 4 rings (SSSR count). The zero-order valence-corrected chi connectivity index (χ0v) is 19.6. The zero-order chi connectivity index (χ0) is 23.4. The molecule has 0 aliphatic carbocycles. The van der Waals surface area contributed by atoms with E-state index in [0.29, 0.717) is 12.4 Å². The highest BCUT2D eigenvalue weighted by Crippen LogP contribution is 2.46. The van der Waals surface area contributed by atoms with E-state index in [1.54, 1.807) is 12.1 Å². The van der Waals surface area contributed by atoms with Crippen molar-refractivity contribution in [1.29, 1.82) is 0 Å². The average molecular weight is 450 g/mol. The van der Waals surface area contributed by atoms with E-state index in [1.165, 1.54) is 0 Å². The Kier molecular flexibility index (Phi) is 7.19. The predicted octanol–water partition coefficient (Wildman–Crippen LogP) is 6.10. The van der Waals surface area contributed by atoms with E-state index in [4.69, 9.17) is 9.47 Å². The van der Waals surface area contributed by atoms with E-state index >= 15 is 0 Å². The lowest BCUT2D eigenvalue weighted by Crippen LogP contribution is -2.49. The Bertz CT molecular complexity index is 1070. The van der Waals surface area contributed by atoms with Crippen LogP contribution in [0.15, 0.2) is 71.8 Å². The minimum absolute atomic E-state index is 0.187. The Balaban J connectivity index is 1.54. The first-order chi connectivity index (χ1) is 16.0. The number of fused-ring (bicyclic) bond motifs is 1. The molecule has 0 bridgehead atoms. The van der Waals surface area contributed by atoms with Crippen LogP contribution in [0.5, 0.6) is 17.2 Å². The monoisotopic (exact) mass is 449 g/mol. The fraction of sp³-hybridized carbons (Fsp3) is 0.357. The number of phenolic OH excluding ortho intramolecular Hbond substituents is 1. The maximum Gasteiger partial charge on any atom is 0.150 e. The van der Waals surface area contributed by atoms with Crippen LogP contribution >= 0.6 is 0 Å². The summed E-state index contributed by atoms with van der Waals surface area (Å²) in [5.41, 5.74) is 5.36. The van der Waals surface area contributed by atoms with E-state index < -0.39 is 0 Å². The van der Waals surface area contributed by atoms with Gasteiger partial charge in [-0.25, -0.2) is 0 Å². The molecule has 0 spiro atoms. The van der Waals surface area contributed by atoms with E-state index in [1.807, 2.05) is 50.3 Å². The van der Waals surface area contributed by atoms with Crippen LogP contribution in [0.1, 0.15) is 38.0 Å². The lowest BCUT2D eigenvalue weighted by Gasteiger charge is -2.37. The van der Waals surface area contributed by atoms with Crippen molar-refractivity contribution in [2.45, 2.75) is 26.9 Å². The third kappa shape index (κ3) is 4.98. The first kappa shape index (κ1) is 23.1. The van der Waals surface area contributed by atoms with E-state index in [-0.39, 0.29) is 24.4 Å². The second-order valence-electron chi connectivity index (χ2n) is 8.66. The van der Waals surface area contributed by atoms with Crippen molar-refractivity contribution in [2.75, 3.05) is 32.9 Å². The summed E-state index contributed by atoms with van der Waals surface area (Å²) in [6.45, 7) is 8.95. The Hall–Kier alpha value is -3.05. The van der Waals surface area contributed by atoms with Gasteiger partial charge in [0.25, 0.3) is 0 Å².